The van der Waals surface area contributed by atoms with E-state index in [4.69, 9.17) is 5.11 Å². The number of halogens is 1. The summed E-state index contributed by atoms with van der Waals surface area (Å²) in [5, 5.41) is 21.8. The average molecular weight is 332 g/mol. The number of non-ortho nitro benzene ring substituents is 1. The molecule has 1 aromatic rings. The summed E-state index contributed by atoms with van der Waals surface area (Å²) in [6, 6.07) is 4.17. The van der Waals surface area contributed by atoms with Crippen molar-refractivity contribution in [1.29, 1.82) is 0 Å². The number of carboxylic acids is 1. The summed E-state index contributed by atoms with van der Waals surface area (Å²) in [4.78, 5) is 33.9. The van der Waals surface area contributed by atoms with E-state index in [2.05, 4.69) is 5.32 Å². The molecule has 0 heterocycles. The number of hydrogen-bond acceptors (Lipinski definition) is 5. The third-order valence-electron chi connectivity index (χ3n) is 2.82. The highest BCUT2D eigenvalue weighted by Gasteiger charge is 2.12. The third kappa shape index (κ3) is 6.51. The third-order valence-corrected chi connectivity index (χ3v) is 2.82. The van der Waals surface area contributed by atoms with E-state index in [1.54, 1.807) is 18.9 Å². The van der Waals surface area contributed by atoms with Crippen molar-refractivity contribution >= 4 is 35.7 Å². The van der Waals surface area contributed by atoms with Gasteiger partial charge in [-0.15, -0.1) is 12.4 Å². The lowest BCUT2D eigenvalue weighted by Crippen LogP contribution is -2.31. The van der Waals surface area contributed by atoms with Crippen LogP contribution in [-0.4, -0.2) is 46.9 Å². The largest absolute Gasteiger partial charge is 0.481 e. The Kier molecular flexibility index (Phi) is 8.06. The maximum absolute atomic E-state index is 11.8. The maximum Gasteiger partial charge on any atom is 0.304 e. The van der Waals surface area contributed by atoms with Gasteiger partial charge in [-0.1, -0.05) is 0 Å². The van der Waals surface area contributed by atoms with Crippen LogP contribution < -0.4 is 5.32 Å². The molecule has 0 saturated heterocycles. The van der Waals surface area contributed by atoms with E-state index in [-0.39, 0.29) is 43.5 Å². The number of likely N-dealkylation sites (N-methyl/N-ethyl adjacent to an activating group) is 1. The first-order chi connectivity index (χ1) is 9.79. The molecule has 0 atom stereocenters. The molecule has 0 saturated carbocycles. The fourth-order valence-electron chi connectivity index (χ4n) is 1.70. The van der Waals surface area contributed by atoms with Crippen LogP contribution in [0.1, 0.15) is 12.0 Å². The van der Waals surface area contributed by atoms with Gasteiger partial charge < -0.3 is 10.4 Å². The molecule has 1 rings (SSSR count). The summed E-state index contributed by atoms with van der Waals surface area (Å²) in [7, 11) is 1.64. The SMILES string of the molecule is Cc1cc([N+](=O)[O-])ccc1NC(=O)CN(C)CCC(=O)O.Cl. The first-order valence-corrected chi connectivity index (χ1v) is 6.25. The van der Waals surface area contributed by atoms with Crippen molar-refractivity contribution in [3.8, 4) is 0 Å². The molecule has 0 spiro atoms. The second-order valence-corrected chi connectivity index (χ2v) is 4.69. The van der Waals surface area contributed by atoms with Crippen LogP contribution in [0.3, 0.4) is 0 Å². The summed E-state index contributed by atoms with van der Waals surface area (Å²) in [6.45, 7) is 1.97. The van der Waals surface area contributed by atoms with Crippen molar-refractivity contribution in [3.05, 3.63) is 33.9 Å². The Labute approximate surface area is 133 Å². The van der Waals surface area contributed by atoms with Crippen molar-refractivity contribution < 1.29 is 19.6 Å². The molecule has 8 nitrogen and oxygen atoms in total. The van der Waals surface area contributed by atoms with Crippen molar-refractivity contribution in [2.45, 2.75) is 13.3 Å². The Morgan fingerprint density at radius 3 is 2.55 bits per heavy atom. The molecule has 0 aromatic heterocycles. The lowest BCUT2D eigenvalue weighted by molar-refractivity contribution is -0.384. The van der Waals surface area contributed by atoms with Gasteiger partial charge in [0.15, 0.2) is 0 Å². The van der Waals surface area contributed by atoms with Crippen molar-refractivity contribution in [1.82, 2.24) is 4.90 Å². The second-order valence-electron chi connectivity index (χ2n) is 4.69. The molecular weight excluding hydrogens is 314 g/mol. The molecule has 122 valence electrons. The molecule has 0 bridgehead atoms. The van der Waals surface area contributed by atoms with Gasteiger partial charge in [0.2, 0.25) is 5.91 Å². The number of rotatable bonds is 7. The minimum Gasteiger partial charge on any atom is -0.481 e. The lowest BCUT2D eigenvalue weighted by atomic mass is 10.2. The van der Waals surface area contributed by atoms with E-state index in [0.717, 1.165) is 0 Å². The number of carbonyl (C=O) groups is 2. The number of nitro groups is 1. The van der Waals surface area contributed by atoms with Crippen LogP contribution in [0.2, 0.25) is 0 Å². The zero-order valence-corrected chi connectivity index (χ0v) is 13.1. The molecule has 1 amide bonds. The normalized spacial score (nSPS) is 9.95. The summed E-state index contributed by atoms with van der Waals surface area (Å²) in [5.74, 6) is -1.23. The van der Waals surface area contributed by atoms with E-state index in [0.29, 0.717) is 11.3 Å². The Balaban J connectivity index is 0.00000441. The summed E-state index contributed by atoms with van der Waals surface area (Å²) >= 11 is 0. The number of anilines is 1. The highest BCUT2D eigenvalue weighted by atomic mass is 35.5. The molecule has 22 heavy (non-hydrogen) atoms. The Hall–Kier alpha value is -2.19. The lowest BCUT2D eigenvalue weighted by Gasteiger charge is -2.15. The average Bonchev–Trinajstić information content (AvgIpc) is 2.38. The molecule has 0 unspecified atom stereocenters. The number of carbonyl (C=O) groups excluding carboxylic acids is 1. The van der Waals surface area contributed by atoms with Gasteiger partial charge >= 0.3 is 5.97 Å². The number of amides is 1. The van der Waals surface area contributed by atoms with Gasteiger partial charge in [0.1, 0.15) is 0 Å². The first-order valence-electron chi connectivity index (χ1n) is 6.25. The predicted molar refractivity (Wildman–Crippen MR) is 83.5 cm³/mol. The number of carboxylic acid groups (broad SMARTS) is 1. The van der Waals surface area contributed by atoms with Crippen LogP contribution in [0.15, 0.2) is 18.2 Å². The number of nitro benzene ring substituents is 1. The van der Waals surface area contributed by atoms with Crippen molar-refractivity contribution in [3.63, 3.8) is 0 Å². The molecule has 9 heteroatoms. The number of benzene rings is 1. The first kappa shape index (κ1) is 19.8. The van der Waals surface area contributed by atoms with Crippen LogP contribution in [0.25, 0.3) is 0 Å². The van der Waals surface area contributed by atoms with E-state index in [1.807, 2.05) is 0 Å². The number of hydrogen-bond donors (Lipinski definition) is 2. The van der Waals surface area contributed by atoms with Gasteiger partial charge in [-0.3, -0.25) is 24.6 Å². The van der Waals surface area contributed by atoms with Crippen LogP contribution >= 0.6 is 12.4 Å². The topological polar surface area (TPSA) is 113 Å². The Morgan fingerprint density at radius 2 is 2.05 bits per heavy atom. The number of nitrogens with zero attached hydrogens (tertiary/aromatic N) is 2. The summed E-state index contributed by atoms with van der Waals surface area (Å²) < 4.78 is 0. The molecule has 1 aromatic carbocycles. The van der Waals surface area contributed by atoms with Gasteiger partial charge in [0.05, 0.1) is 17.9 Å². The van der Waals surface area contributed by atoms with Crippen LogP contribution in [-0.2, 0) is 9.59 Å². The second kappa shape index (κ2) is 8.96. The summed E-state index contributed by atoms with van der Waals surface area (Å²) in [6.07, 6.45) is -0.0413. The fourth-order valence-corrected chi connectivity index (χ4v) is 1.70. The van der Waals surface area contributed by atoms with Crippen molar-refractivity contribution in [2.75, 3.05) is 25.5 Å². The van der Waals surface area contributed by atoms with E-state index >= 15 is 0 Å². The highest BCUT2D eigenvalue weighted by molar-refractivity contribution is 5.93. The monoisotopic (exact) mass is 331 g/mol. The fraction of sp³-hybridized carbons (Fsp3) is 0.385. The standard InChI is InChI=1S/C13H17N3O5.ClH/c1-9-7-10(16(20)21)3-4-11(9)14-12(17)8-15(2)6-5-13(18)19;/h3-4,7H,5-6,8H2,1-2H3,(H,14,17)(H,18,19);1H. The van der Waals surface area contributed by atoms with E-state index < -0.39 is 10.9 Å². The Bertz CT molecular complexity index is 565. The smallest absolute Gasteiger partial charge is 0.304 e. The van der Waals surface area contributed by atoms with E-state index in [1.165, 1.54) is 18.2 Å². The van der Waals surface area contributed by atoms with Crippen LogP contribution in [0.5, 0.6) is 0 Å². The van der Waals surface area contributed by atoms with Gasteiger partial charge in [0, 0.05) is 24.4 Å². The number of nitrogens with one attached hydrogen (secondary N) is 1. The van der Waals surface area contributed by atoms with Gasteiger partial charge in [-0.25, -0.2) is 0 Å². The Morgan fingerprint density at radius 1 is 1.41 bits per heavy atom. The van der Waals surface area contributed by atoms with E-state index in [9.17, 15) is 19.7 Å². The van der Waals surface area contributed by atoms with Gasteiger partial charge in [0.25, 0.3) is 5.69 Å². The molecule has 0 aliphatic carbocycles. The molecule has 0 radical (unpaired) electrons. The van der Waals surface area contributed by atoms with Crippen LogP contribution in [0, 0.1) is 17.0 Å². The number of aliphatic carboxylic acids is 1. The minimum atomic E-state index is -0.923. The molecule has 0 aliphatic heterocycles. The zero-order chi connectivity index (χ0) is 16.0. The molecular formula is C13H18ClN3O5. The molecule has 0 fully saturated rings. The highest BCUT2D eigenvalue weighted by Crippen LogP contribution is 2.21. The van der Waals surface area contributed by atoms with Crippen LogP contribution in [0.4, 0.5) is 11.4 Å². The zero-order valence-electron chi connectivity index (χ0n) is 12.2. The maximum atomic E-state index is 11.8. The number of aryl methyl sites for hydroxylation is 1. The summed E-state index contributed by atoms with van der Waals surface area (Å²) in [5.41, 5.74) is 1.05. The molecule has 0 aliphatic rings. The predicted octanol–water partition coefficient (Wildman–Crippen LogP) is 1.67. The van der Waals surface area contributed by atoms with Crippen molar-refractivity contribution in [2.24, 2.45) is 0 Å². The quantitative estimate of drug-likeness (QED) is 0.580. The van der Waals surface area contributed by atoms with Gasteiger partial charge in [-0.2, -0.15) is 0 Å². The van der Waals surface area contributed by atoms with Gasteiger partial charge in [-0.05, 0) is 25.6 Å². The molecule has 2 N–H and O–H groups in total. The minimum absolute atomic E-state index is 0.